The number of unbranched alkanes of at least 4 members (excludes halogenated alkanes) is 1. The fourth-order valence-electron chi connectivity index (χ4n) is 1.85. The van der Waals surface area contributed by atoms with Gasteiger partial charge < -0.3 is 21.1 Å². The third kappa shape index (κ3) is 4.55. The lowest BCUT2D eigenvalue weighted by atomic mass is 10.1. The van der Waals surface area contributed by atoms with Gasteiger partial charge in [-0.3, -0.25) is 4.99 Å². The molecule has 0 aliphatic carbocycles. The van der Waals surface area contributed by atoms with Crippen LogP contribution in [0.3, 0.4) is 0 Å². The van der Waals surface area contributed by atoms with E-state index in [1.54, 1.807) is 6.92 Å². The number of hydrogen-bond acceptors (Lipinski definition) is 5. The molecular formula is C14H20N2O4. The van der Waals surface area contributed by atoms with Crippen LogP contribution in [0.4, 0.5) is 0 Å². The third-order valence-corrected chi connectivity index (χ3v) is 2.94. The van der Waals surface area contributed by atoms with Gasteiger partial charge in [0.15, 0.2) is 0 Å². The summed E-state index contributed by atoms with van der Waals surface area (Å²) in [5.41, 5.74) is 6.21. The normalized spacial score (nSPS) is 13.2. The van der Waals surface area contributed by atoms with Gasteiger partial charge in [-0.2, -0.15) is 0 Å². The zero-order chi connectivity index (χ0) is 15.1. The standard InChI is InChI=1S/C14H20N2O4/c1-9(11-6-5-10(17)8-13(11)18)16-12(14(19)20)4-2-3-7-15/h5-6,8,12,17-18H,2-4,7,15H2,1H3,(H,19,20)/b16-9+. The molecule has 0 spiro atoms. The largest absolute Gasteiger partial charge is 0.508 e. The number of carbonyl (C=O) groups is 1. The number of aromatic hydroxyl groups is 2. The van der Waals surface area contributed by atoms with Crippen LogP contribution in [0.15, 0.2) is 23.2 Å². The molecule has 1 atom stereocenters. The van der Waals surface area contributed by atoms with Crippen molar-refractivity contribution in [2.45, 2.75) is 32.2 Å². The van der Waals surface area contributed by atoms with Gasteiger partial charge in [0.25, 0.3) is 0 Å². The van der Waals surface area contributed by atoms with Crippen LogP contribution >= 0.6 is 0 Å². The Morgan fingerprint density at radius 3 is 2.60 bits per heavy atom. The van der Waals surface area contributed by atoms with Gasteiger partial charge in [-0.05, 0) is 44.9 Å². The number of aliphatic carboxylic acids is 1. The number of carboxylic acids is 1. The van der Waals surface area contributed by atoms with E-state index in [0.29, 0.717) is 30.7 Å². The second-order valence-corrected chi connectivity index (χ2v) is 4.55. The van der Waals surface area contributed by atoms with Crippen molar-refractivity contribution >= 4 is 11.7 Å². The van der Waals surface area contributed by atoms with E-state index < -0.39 is 12.0 Å². The average Bonchev–Trinajstić information content (AvgIpc) is 2.37. The summed E-state index contributed by atoms with van der Waals surface area (Å²) in [6.45, 7) is 2.15. The smallest absolute Gasteiger partial charge is 0.328 e. The van der Waals surface area contributed by atoms with Crippen molar-refractivity contribution in [2.24, 2.45) is 10.7 Å². The molecule has 1 aromatic carbocycles. The highest BCUT2D eigenvalue weighted by Gasteiger charge is 2.17. The van der Waals surface area contributed by atoms with Crippen molar-refractivity contribution in [2.75, 3.05) is 6.54 Å². The van der Waals surface area contributed by atoms with Gasteiger partial charge in [0.05, 0.1) is 0 Å². The van der Waals surface area contributed by atoms with Crippen LogP contribution in [0.5, 0.6) is 11.5 Å². The minimum absolute atomic E-state index is 0.0585. The van der Waals surface area contributed by atoms with Crippen LogP contribution < -0.4 is 5.73 Å². The maximum atomic E-state index is 11.2. The lowest BCUT2D eigenvalue weighted by molar-refractivity contribution is -0.138. The molecule has 110 valence electrons. The molecule has 0 saturated carbocycles. The SMILES string of the molecule is C/C(=N\C(CCCCN)C(=O)O)c1ccc(O)cc1O. The number of benzene rings is 1. The fourth-order valence-corrected chi connectivity index (χ4v) is 1.85. The molecule has 0 fully saturated rings. The van der Waals surface area contributed by atoms with Crippen LogP contribution in [-0.4, -0.2) is 39.6 Å². The maximum Gasteiger partial charge on any atom is 0.328 e. The minimum Gasteiger partial charge on any atom is -0.508 e. The highest BCUT2D eigenvalue weighted by Crippen LogP contribution is 2.23. The van der Waals surface area contributed by atoms with Crippen molar-refractivity contribution in [3.8, 4) is 11.5 Å². The first-order chi connectivity index (χ1) is 9.45. The number of phenolic OH excluding ortho intramolecular Hbond substituents is 2. The van der Waals surface area contributed by atoms with E-state index in [9.17, 15) is 15.0 Å². The van der Waals surface area contributed by atoms with Gasteiger partial charge in [0.2, 0.25) is 0 Å². The number of rotatable bonds is 7. The van der Waals surface area contributed by atoms with Gasteiger partial charge in [-0.15, -0.1) is 0 Å². The second kappa shape index (κ2) is 7.49. The Morgan fingerprint density at radius 1 is 1.35 bits per heavy atom. The first-order valence-corrected chi connectivity index (χ1v) is 6.45. The van der Waals surface area contributed by atoms with E-state index in [1.165, 1.54) is 18.2 Å². The van der Waals surface area contributed by atoms with Gasteiger partial charge in [-0.1, -0.05) is 0 Å². The van der Waals surface area contributed by atoms with E-state index in [0.717, 1.165) is 6.42 Å². The Hall–Kier alpha value is -2.08. The van der Waals surface area contributed by atoms with E-state index in [2.05, 4.69) is 4.99 Å². The summed E-state index contributed by atoms with van der Waals surface area (Å²) in [6, 6.07) is 3.26. The molecule has 0 aromatic heterocycles. The molecule has 5 N–H and O–H groups in total. The number of carboxylic acid groups (broad SMARTS) is 1. The lowest BCUT2D eigenvalue weighted by Gasteiger charge is -2.10. The van der Waals surface area contributed by atoms with Crippen molar-refractivity contribution in [1.82, 2.24) is 0 Å². The molecule has 6 heteroatoms. The molecule has 1 rings (SSSR count). The average molecular weight is 280 g/mol. The highest BCUT2D eigenvalue weighted by atomic mass is 16.4. The quantitative estimate of drug-likeness (QED) is 0.446. The third-order valence-electron chi connectivity index (χ3n) is 2.94. The summed E-state index contributed by atoms with van der Waals surface area (Å²) in [5, 5.41) is 28.1. The zero-order valence-corrected chi connectivity index (χ0v) is 11.4. The first kappa shape index (κ1) is 16.0. The van der Waals surface area contributed by atoms with Crippen LogP contribution in [-0.2, 0) is 4.79 Å². The number of nitrogens with zero attached hydrogens (tertiary/aromatic N) is 1. The van der Waals surface area contributed by atoms with Crippen LogP contribution in [0.2, 0.25) is 0 Å². The lowest BCUT2D eigenvalue weighted by Crippen LogP contribution is -2.20. The molecule has 0 bridgehead atoms. The Bertz CT molecular complexity index is 500. The Kier molecular flexibility index (Phi) is 5.99. The second-order valence-electron chi connectivity index (χ2n) is 4.55. The molecule has 0 heterocycles. The van der Waals surface area contributed by atoms with Crippen molar-refractivity contribution in [3.05, 3.63) is 23.8 Å². The number of nitrogens with two attached hydrogens (primary N) is 1. The number of aliphatic imine (C=N–C) groups is 1. The number of hydrogen-bond donors (Lipinski definition) is 4. The van der Waals surface area contributed by atoms with Gasteiger partial charge in [0, 0.05) is 17.3 Å². The molecule has 20 heavy (non-hydrogen) atoms. The Labute approximate surface area is 117 Å². The van der Waals surface area contributed by atoms with Gasteiger partial charge in [-0.25, -0.2) is 4.79 Å². The maximum absolute atomic E-state index is 11.2. The molecule has 0 aliphatic rings. The van der Waals surface area contributed by atoms with Gasteiger partial charge >= 0.3 is 5.97 Å². The Morgan fingerprint density at radius 2 is 2.05 bits per heavy atom. The molecular weight excluding hydrogens is 260 g/mol. The van der Waals surface area contributed by atoms with Crippen LogP contribution in [0.25, 0.3) is 0 Å². The topological polar surface area (TPSA) is 116 Å². The summed E-state index contributed by atoms with van der Waals surface area (Å²) in [4.78, 5) is 15.3. The molecule has 0 radical (unpaired) electrons. The summed E-state index contributed by atoms with van der Waals surface area (Å²) in [5.74, 6) is -1.19. The molecule has 6 nitrogen and oxygen atoms in total. The fraction of sp³-hybridized carbons (Fsp3) is 0.429. The molecule has 1 aromatic rings. The summed E-state index contributed by atoms with van der Waals surface area (Å²) in [6.07, 6.45) is 1.84. The number of phenols is 2. The predicted octanol–water partition coefficient (Wildman–Crippen LogP) is 1.49. The molecule has 1 unspecified atom stereocenters. The van der Waals surface area contributed by atoms with E-state index in [1.807, 2.05) is 0 Å². The van der Waals surface area contributed by atoms with E-state index in [-0.39, 0.29) is 11.5 Å². The molecule has 0 aliphatic heterocycles. The minimum atomic E-state index is -1.00. The molecule has 0 amide bonds. The van der Waals surface area contributed by atoms with Crippen molar-refractivity contribution in [1.29, 1.82) is 0 Å². The zero-order valence-electron chi connectivity index (χ0n) is 11.4. The van der Waals surface area contributed by atoms with E-state index in [4.69, 9.17) is 10.8 Å². The first-order valence-electron chi connectivity index (χ1n) is 6.45. The Balaban J connectivity index is 2.89. The summed E-state index contributed by atoms with van der Waals surface area (Å²) >= 11 is 0. The van der Waals surface area contributed by atoms with Crippen LogP contribution in [0, 0.1) is 0 Å². The predicted molar refractivity (Wildman–Crippen MR) is 76.3 cm³/mol. The van der Waals surface area contributed by atoms with Crippen molar-refractivity contribution < 1.29 is 20.1 Å². The van der Waals surface area contributed by atoms with Crippen molar-refractivity contribution in [3.63, 3.8) is 0 Å². The monoisotopic (exact) mass is 280 g/mol. The van der Waals surface area contributed by atoms with Crippen LogP contribution in [0.1, 0.15) is 31.7 Å². The summed E-state index contributed by atoms with van der Waals surface area (Å²) in [7, 11) is 0. The van der Waals surface area contributed by atoms with Gasteiger partial charge in [0.1, 0.15) is 17.5 Å². The molecule has 0 saturated heterocycles. The summed E-state index contributed by atoms with van der Waals surface area (Å²) < 4.78 is 0. The van der Waals surface area contributed by atoms with E-state index >= 15 is 0 Å². The highest BCUT2D eigenvalue weighted by molar-refractivity contribution is 6.02.